The molecule has 0 spiro atoms. The Morgan fingerprint density at radius 2 is 1.67 bits per heavy atom. The van der Waals surface area contributed by atoms with E-state index in [4.69, 9.17) is 0 Å². The predicted molar refractivity (Wildman–Crippen MR) is 88.5 cm³/mol. The van der Waals surface area contributed by atoms with Crippen LogP contribution in [0.3, 0.4) is 0 Å². The van der Waals surface area contributed by atoms with Gasteiger partial charge in [0.15, 0.2) is 0 Å². The molecule has 0 fully saturated rings. The Labute approximate surface area is 136 Å². The normalized spacial score (nSPS) is 12.6. The van der Waals surface area contributed by atoms with Crippen LogP contribution in [0.2, 0.25) is 0 Å². The smallest absolute Gasteiger partial charge is 0.244 e. The molecule has 6 heteroatoms. The van der Waals surface area contributed by atoms with Crippen LogP contribution in [0.5, 0.6) is 0 Å². The molecule has 0 unspecified atom stereocenters. The Balaban J connectivity index is 3.27. The number of hydrogen-bond acceptors (Lipinski definition) is 3. The van der Waals surface area contributed by atoms with Gasteiger partial charge in [-0.2, -0.15) is 4.31 Å². The molecule has 0 aliphatic carbocycles. The van der Waals surface area contributed by atoms with Crippen LogP contribution in [0.15, 0.2) is 27.6 Å². The molecule has 0 aliphatic rings. The lowest BCUT2D eigenvalue weighted by Gasteiger charge is -2.26. The Kier molecular flexibility index (Phi) is 6.84. The third-order valence-corrected chi connectivity index (χ3v) is 5.76. The van der Waals surface area contributed by atoms with Crippen molar-refractivity contribution in [3.05, 3.63) is 28.2 Å². The zero-order valence-corrected chi connectivity index (χ0v) is 15.4. The van der Waals surface area contributed by atoms with E-state index in [1.54, 1.807) is 12.1 Å². The summed E-state index contributed by atoms with van der Waals surface area (Å²) < 4.78 is 27.9. The molecule has 0 atom stereocenters. The molecular formula is C15H24BrNO3S. The van der Waals surface area contributed by atoms with Gasteiger partial charge >= 0.3 is 0 Å². The van der Waals surface area contributed by atoms with Crippen molar-refractivity contribution in [1.82, 2.24) is 4.31 Å². The van der Waals surface area contributed by atoms with Gasteiger partial charge in [-0.3, -0.25) is 0 Å². The Morgan fingerprint density at radius 1 is 1.14 bits per heavy atom. The molecule has 1 rings (SSSR count). The first-order chi connectivity index (χ1) is 9.68. The second-order valence-electron chi connectivity index (χ2n) is 6.03. The van der Waals surface area contributed by atoms with Crippen molar-refractivity contribution in [2.75, 3.05) is 13.1 Å². The highest BCUT2D eigenvalue weighted by molar-refractivity contribution is 9.10. The lowest BCUT2D eigenvalue weighted by Crippen LogP contribution is -2.37. The molecule has 0 aliphatic heterocycles. The number of rotatable bonds is 7. The highest BCUT2D eigenvalue weighted by atomic mass is 79.9. The maximum absolute atomic E-state index is 12.9. The van der Waals surface area contributed by atoms with Gasteiger partial charge in [0.25, 0.3) is 0 Å². The van der Waals surface area contributed by atoms with Gasteiger partial charge in [0, 0.05) is 17.6 Å². The van der Waals surface area contributed by atoms with E-state index >= 15 is 0 Å². The molecule has 1 N–H and O–H groups in total. The summed E-state index contributed by atoms with van der Waals surface area (Å²) in [5.74, 6) is 0.497. The summed E-state index contributed by atoms with van der Waals surface area (Å²) in [5, 5.41) is 9.22. The van der Waals surface area contributed by atoms with E-state index in [9.17, 15) is 13.5 Å². The molecule has 0 aromatic heterocycles. The highest BCUT2D eigenvalue weighted by Gasteiger charge is 2.28. The monoisotopic (exact) mass is 377 g/mol. The van der Waals surface area contributed by atoms with Crippen LogP contribution in [-0.2, 0) is 16.6 Å². The van der Waals surface area contributed by atoms with Crippen LogP contribution in [0.4, 0.5) is 0 Å². The second-order valence-corrected chi connectivity index (χ2v) is 8.79. The summed E-state index contributed by atoms with van der Waals surface area (Å²) in [6.07, 6.45) is 0. The number of benzene rings is 1. The molecule has 1 aromatic rings. The van der Waals surface area contributed by atoms with Crippen molar-refractivity contribution in [3.8, 4) is 0 Å². The molecule has 0 heterocycles. The highest BCUT2D eigenvalue weighted by Crippen LogP contribution is 2.27. The van der Waals surface area contributed by atoms with Gasteiger partial charge in [0.1, 0.15) is 0 Å². The van der Waals surface area contributed by atoms with Crippen LogP contribution in [-0.4, -0.2) is 30.9 Å². The molecule has 0 amide bonds. The third-order valence-electron chi connectivity index (χ3n) is 2.93. The molecule has 1 aromatic carbocycles. The van der Waals surface area contributed by atoms with Gasteiger partial charge in [0.05, 0.1) is 11.5 Å². The summed E-state index contributed by atoms with van der Waals surface area (Å²) in [7, 11) is -3.58. The van der Waals surface area contributed by atoms with Crippen LogP contribution in [0.1, 0.15) is 33.3 Å². The average Bonchev–Trinajstić information content (AvgIpc) is 2.37. The van der Waals surface area contributed by atoms with E-state index in [2.05, 4.69) is 15.9 Å². The zero-order valence-electron chi connectivity index (χ0n) is 13.0. The van der Waals surface area contributed by atoms with Crippen molar-refractivity contribution in [2.24, 2.45) is 11.8 Å². The fraction of sp³-hybridized carbons (Fsp3) is 0.600. The van der Waals surface area contributed by atoms with Crippen molar-refractivity contribution < 1.29 is 13.5 Å². The van der Waals surface area contributed by atoms with Crippen molar-refractivity contribution in [1.29, 1.82) is 0 Å². The standard InChI is InChI=1S/C15H24BrNO3S/c1-11(2)8-17(9-12(3)4)21(19,20)15-7-13(10-18)5-6-14(15)16/h5-7,11-12,18H,8-10H2,1-4H3. The quantitative estimate of drug-likeness (QED) is 0.793. The second kappa shape index (κ2) is 7.72. The largest absolute Gasteiger partial charge is 0.392 e. The Bertz CT molecular complexity index is 560. The predicted octanol–water partition coefficient (Wildman–Crippen LogP) is 3.24. The van der Waals surface area contributed by atoms with Crippen LogP contribution < -0.4 is 0 Å². The average molecular weight is 378 g/mol. The molecular weight excluding hydrogens is 354 g/mol. The summed E-state index contributed by atoms with van der Waals surface area (Å²) in [5.41, 5.74) is 0.589. The van der Waals surface area contributed by atoms with Gasteiger partial charge < -0.3 is 5.11 Å². The van der Waals surface area contributed by atoms with Crippen molar-refractivity contribution >= 4 is 26.0 Å². The van der Waals surface area contributed by atoms with Crippen LogP contribution >= 0.6 is 15.9 Å². The summed E-state index contributed by atoms with van der Waals surface area (Å²) >= 11 is 3.31. The minimum Gasteiger partial charge on any atom is -0.392 e. The lowest BCUT2D eigenvalue weighted by atomic mass is 10.2. The third kappa shape index (κ3) is 5.06. The minimum atomic E-state index is -3.58. The van der Waals surface area contributed by atoms with E-state index < -0.39 is 10.0 Å². The van der Waals surface area contributed by atoms with E-state index in [0.29, 0.717) is 23.1 Å². The number of aliphatic hydroxyl groups excluding tert-OH is 1. The SMILES string of the molecule is CC(C)CN(CC(C)C)S(=O)(=O)c1cc(CO)ccc1Br. The first-order valence-corrected chi connectivity index (χ1v) is 9.31. The molecule has 4 nitrogen and oxygen atoms in total. The van der Waals surface area contributed by atoms with Crippen LogP contribution in [0, 0.1) is 11.8 Å². The van der Waals surface area contributed by atoms with Gasteiger partial charge in [-0.25, -0.2) is 8.42 Å². The first kappa shape index (κ1) is 18.6. The first-order valence-electron chi connectivity index (χ1n) is 7.08. The summed E-state index contributed by atoms with van der Waals surface area (Å²) in [4.78, 5) is 0.218. The van der Waals surface area contributed by atoms with Crippen molar-refractivity contribution in [3.63, 3.8) is 0 Å². The maximum Gasteiger partial charge on any atom is 0.244 e. The van der Waals surface area contributed by atoms with Crippen molar-refractivity contribution in [2.45, 2.75) is 39.2 Å². The number of hydrogen-bond donors (Lipinski definition) is 1. The molecule has 0 saturated carbocycles. The van der Waals surface area contributed by atoms with E-state index in [-0.39, 0.29) is 23.3 Å². The number of sulfonamides is 1. The molecule has 120 valence electrons. The topological polar surface area (TPSA) is 57.6 Å². The van der Waals surface area contributed by atoms with E-state index in [1.165, 1.54) is 10.4 Å². The van der Waals surface area contributed by atoms with Gasteiger partial charge in [-0.05, 0) is 45.5 Å². The van der Waals surface area contributed by atoms with E-state index in [0.717, 1.165) is 0 Å². The Hall–Kier alpha value is -0.430. The van der Waals surface area contributed by atoms with Gasteiger partial charge in [-0.1, -0.05) is 33.8 Å². The summed E-state index contributed by atoms with van der Waals surface area (Å²) in [6.45, 7) is 8.80. The fourth-order valence-corrected chi connectivity index (χ4v) is 4.81. The summed E-state index contributed by atoms with van der Waals surface area (Å²) in [6, 6.07) is 4.91. The van der Waals surface area contributed by atoms with E-state index in [1.807, 2.05) is 27.7 Å². The number of nitrogens with zero attached hydrogens (tertiary/aromatic N) is 1. The Morgan fingerprint density at radius 3 is 2.10 bits per heavy atom. The van der Waals surface area contributed by atoms with Gasteiger partial charge in [-0.15, -0.1) is 0 Å². The van der Waals surface area contributed by atoms with Gasteiger partial charge in [0.2, 0.25) is 10.0 Å². The number of aliphatic hydroxyl groups is 1. The lowest BCUT2D eigenvalue weighted by molar-refractivity contribution is 0.281. The molecule has 21 heavy (non-hydrogen) atoms. The molecule has 0 saturated heterocycles. The molecule has 0 radical (unpaired) electrons. The zero-order chi connectivity index (χ0) is 16.2. The minimum absolute atomic E-state index is 0.176. The van der Waals surface area contributed by atoms with Crippen LogP contribution in [0.25, 0.3) is 0 Å². The molecule has 0 bridgehead atoms. The fourth-order valence-electron chi connectivity index (χ4n) is 2.07. The number of halogens is 1. The maximum atomic E-state index is 12.9.